The number of likely N-dealkylation sites (tertiary alicyclic amines) is 1. The SMILES string of the molecule is CCNC(=NCC1CC(=O)N(CCc2ccccc2)C1)NCCN(CCOC)C1CC1. The standard InChI is InChI=1S/C24H39N5O2/c1-3-25-24(26-12-14-28(15-16-31-2)22-9-10-22)27-18-21-17-23(30)29(19-21)13-11-20-7-5-4-6-8-20/h4-8,21-22H,3,9-19H2,1-2H3,(H2,25,26,27). The van der Waals surface area contributed by atoms with Gasteiger partial charge in [0.2, 0.25) is 5.91 Å². The van der Waals surface area contributed by atoms with E-state index in [2.05, 4.69) is 46.7 Å². The first-order valence-electron chi connectivity index (χ1n) is 11.8. The van der Waals surface area contributed by atoms with Crippen LogP contribution >= 0.6 is 0 Å². The van der Waals surface area contributed by atoms with Gasteiger partial charge in [-0.2, -0.15) is 0 Å². The number of methoxy groups -OCH3 is 1. The molecule has 1 saturated heterocycles. The molecular weight excluding hydrogens is 390 g/mol. The van der Waals surface area contributed by atoms with E-state index in [1.807, 2.05) is 11.0 Å². The van der Waals surface area contributed by atoms with Crippen molar-refractivity contribution in [2.24, 2.45) is 10.9 Å². The van der Waals surface area contributed by atoms with Gasteiger partial charge in [0.1, 0.15) is 0 Å². The minimum absolute atomic E-state index is 0.257. The summed E-state index contributed by atoms with van der Waals surface area (Å²) in [5, 5.41) is 6.80. The molecule has 0 spiro atoms. The number of ether oxygens (including phenoxy) is 1. The van der Waals surface area contributed by atoms with E-state index in [1.165, 1.54) is 18.4 Å². The number of carbonyl (C=O) groups excluding carboxylic acids is 1. The van der Waals surface area contributed by atoms with Gasteiger partial charge in [0.05, 0.1) is 6.61 Å². The van der Waals surface area contributed by atoms with Crippen molar-refractivity contribution in [2.75, 3.05) is 59.5 Å². The van der Waals surface area contributed by atoms with Crippen LogP contribution in [0.4, 0.5) is 0 Å². The van der Waals surface area contributed by atoms with Crippen molar-refractivity contribution in [3.05, 3.63) is 35.9 Å². The van der Waals surface area contributed by atoms with E-state index < -0.39 is 0 Å². The van der Waals surface area contributed by atoms with Crippen LogP contribution in [-0.4, -0.2) is 87.2 Å². The third kappa shape index (κ3) is 8.15. The molecule has 1 aliphatic heterocycles. The van der Waals surface area contributed by atoms with Gasteiger partial charge in [-0.1, -0.05) is 30.3 Å². The van der Waals surface area contributed by atoms with Crippen molar-refractivity contribution in [1.82, 2.24) is 20.4 Å². The lowest BCUT2D eigenvalue weighted by Gasteiger charge is -2.22. The molecule has 1 aliphatic carbocycles. The number of nitrogens with zero attached hydrogens (tertiary/aromatic N) is 3. The Labute approximate surface area is 187 Å². The topological polar surface area (TPSA) is 69.2 Å². The molecule has 0 bridgehead atoms. The first-order chi connectivity index (χ1) is 15.2. The van der Waals surface area contributed by atoms with E-state index in [0.29, 0.717) is 18.9 Å². The summed E-state index contributed by atoms with van der Waals surface area (Å²) in [6.07, 6.45) is 4.11. The molecule has 1 aromatic carbocycles. The van der Waals surface area contributed by atoms with E-state index in [9.17, 15) is 4.79 Å². The smallest absolute Gasteiger partial charge is 0.223 e. The average Bonchev–Trinajstić information content (AvgIpc) is 3.56. The van der Waals surface area contributed by atoms with Gasteiger partial charge >= 0.3 is 0 Å². The molecule has 1 unspecified atom stereocenters. The zero-order valence-corrected chi connectivity index (χ0v) is 19.2. The fourth-order valence-corrected chi connectivity index (χ4v) is 4.11. The second-order valence-corrected chi connectivity index (χ2v) is 8.55. The summed E-state index contributed by atoms with van der Waals surface area (Å²) in [5.74, 6) is 1.40. The lowest BCUT2D eigenvalue weighted by molar-refractivity contribution is -0.127. The van der Waals surface area contributed by atoms with Crippen LogP contribution in [0.2, 0.25) is 0 Å². The van der Waals surface area contributed by atoms with E-state index in [-0.39, 0.29) is 5.91 Å². The van der Waals surface area contributed by atoms with E-state index in [1.54, 1.807) is 7.11 Å². The number of carbonyl (C=O) groups is 1. The molecule has 0 radical (unpaired) electrons. The third-order valence-corrected chi connectivity index (χ3v) is 6.00. The monoisotopic (exact) mass is 429 g/mol. The molecule has 7 heteroatoms. The Kier molecular flexibility index (Phi) is 9.62. The number of guanidine groups is 1. The number of amides is 1. The van der Waals surface area contributed by atoms with Gasteiger partial charge in [0.15, 0.2) is 5.96 Å². The molecule has 31 heavy (non-hydrogen) atoms. The zero-order chi connectivity index (χ0) is 21.9. The molecule has 1 heterocycles. The summed E-state index contributed by atoms with van der Waals surface area (Å²) in [6, 6.07) is 11.1. The molecule has 1 aromatic rings. The van der Waals surface area contributed by atoms with E-state index in [4.69, 9.17) is 9.73 Å². The maximum Gasteiger partial charge on any atom is 0.223 e. The number of hydrogen-bond acceptors (Lipinski definition) is 4. The van der Waals surface area contributed by atoms with Gasteiger partial charge in [-0.05, 0) is 31.7 Å². The van der Waals surface area contributed by atoms with E-state index in [0.717, 1.165) is 64.3 Å². The van der Waals surface area contributed by atoms with Crippen molar-refractivity contribution in [1.29, 1.82) is 0 Å². The van der Waals surface area contributed by atoms with Crippen LogP contribution in [0.15, 0.2) is 35.3 Å². The summed E-state index contributed by atoms with van der Waals surface area (Å²) in [4.78, 5) is 21.7. The van der Waals surface area contributed by atoms with Gasteiger partial charge in [0, 0.05) is 71.3 Å². The second-order valence-electron chi connectivity index (χ2n) is 8.55. The van der Waals surface area contributed by atoms with Crippen LogP contribution in [-0.2, 0) is 16.0 Å². The summed E-state index contributed by atoms with van der Waals surface area (Å²) in [5.41, 5.74) is 1.28. The Bertz CT molecular complexity index is 692. The van der Waals surface area contributed by atoms with Crippen LogP contribution < -0.4 is 10.6 Å². The lowest BCUT2D eigenvalue weighted by atomic mass is 10.1. The highest BCUT2D eigenvalue weighted by atomic mass is 16.5. The van der Waals surface area contributed by atoms with Crippen LogP contribution in [0, 0.1) is 5.92 Å². The van der Waals surface area contributed by atoms with Crippen LogP contribution in [0.1, 0.15) is 31.7 Å². The summed E-state index contributed by atoms with van der Waals surface area (Å²) in [7, 11) is 1.76. The van der Waals surface area contributed by atoms with Gasteiger partial charge < -0.3 is 20.3 Å². The molecule has 0 aromatic heterocycles. The van der Waals surface area contributed by atoms with Crippen molar-refractivity contribution in [2.45, 2.75) is 38.6 Å². The van der Waals surface area contributed by atoms with Crippen LogP contribution in [0.3, 0.4) is 0 Å². The fraction of sp³-hybridized carbons (Fsp3) is 0.667. The molecule has 3 rings (SSSR count). The van der Waals surface area contributed by atoms with Gasteiger partial charge in [-0.15, -0.1) is 0 Å². The molecule has 2 fully saturated rings. The molecule has 2 aliphatic rings. The normalized spacial score (nSPS) is 19.3. The lowest BCUT2D eigenvalue weighted by Crippen LogP contribution is -2.43. The molecule has 172 valence electrons. The molecular formula is C24H39N5O2. The number of benzene rings is 1. The van der Waals surface area contributed by atoms with Crippen molar-refractivity contribution < 1.29 is 9.53 Å². The first kappa shape index (κ1) is 23.5. The van der Waals surface area contributed by atoms with Crippen molar-refractivity contribution in [3.63, 3.8) is 0 Å². The Hall–Kier alpha value is -2.12. The summed E-state index contributed by atoms with van der Waals surface area (Å²) >= 11 is 0. The highest BCUT2D eigenvalue weighted by molar-refractivity contribution is 5.80. The molecule has 1 amide bonds. The highest BCUT2D eigenvalue weighted by Crippen LogP contribution is 2.26. The summed E-state index contributed by atoms with van der Waals surface area (Å²) < 4.78 is 5.24. The van der Waals surface area contributed by atoms with Crippen LogP contribution in [0.25, 0.3) is 0 Å². The van der Waals surface area contributed by atoms with E-state index >= 15 is 0 Å². The number of aliphatic imine (C=N–C) groups is 1. The predicted octanol–water partition coefficient (Wildman–Crippen LogP) is 1.74. The zero-order valence-electron chi connectivity index (χ0n) is 19.2. The number of rotatable bonds is 13. The third-order valence-electron chi connectivity index (χ3n) is 6.00. The molecule has 1 atom stereocenters. The Morgan fingerprint density at radius 3 is 2.74 bits per heavy atom. The number of hydrogen-bond donors (Lipinski definition) is 2. The van der Waals surface area contributed by atoms with Gasteiger partial charge in [0.25, 0.3) is 0 Å². The second kappa shape index (κ2) is 12.7. The average molecular weight is 430 g/mol. The maximum atomic E-state index is 12.4. The quantitative estimate of drug-likeness (QED) is 0.369. The minimum atomic E-state index is 0.257. The molecule has 1 saturated carbocycles. The Morgan fingerprint density at radius 2 is 2.03 bits per heavy atom. The van der Waals surface area contributed by atoms with Crippen LogP contribution in [0.5, 0.6) is 0 Å². The van der Waals surface area contributed by atoms with Crippen molar-refractivity contribution in [3.8, 4) is 0 Å². The molecule has 7 nitrogen and oxygen atoms in total. The largest absolute Gasteiger partial charge is 0.383 e. The van der Waals surface area contributed by atoms with Gasteiger partial charge in [-0.25, -0.2) is 0 Å². The van der Waals surface area contributed by atoms with Crippen molar-refractivity contribution >= 4 is 11.9 Å². The Morgan fingerprint density at radius 1 is 1.23 bits per heavy atom. The maximum absolute atomic E-state index is 12.4. The fourth-order valence-electron chi connectivity index (χ4n) is 4.11. The summed E-state index contributed by atoms with van der Waals surface area (Å²) in [6.45, 7) is 8.80. The number of nitrogens with one attached hydrogen (secondary N) is 2. The first-order valence-corrected chi connectivity index (χ1v) is 11.8. The minimum Gasteiger partial charge on any atom is -0.383 e. The predicted molar refractivity (Wildman–Crippen MR) is 125 cm³/mol. The molecule has 2 N–H and O–H groups in total. The van der Waals surface area contributed by atoms with Gasteiger partial charge in [-0.3, -0.25) is 14.7 Å². The Balaban J connectivity index is 1.41. The highest BCUT2D eigenvalue weighted by Gasteiger charge is 2.29.